The maximum Gasteiger partial charge on any atom is 0.00398 e. The van der Waals surface area contributed by atoms with E-state index in [9.17, 15) is 0 Å². The van der Waals surface area contributed by atoms with Gasteiger partial charge >= 0.3 is 0 Å². The Morgan fingerprint density at radius 2 is 2.11 bits per heavy atom. The largest absolute Gasteiger partial charge is 0.328 e. The van der Waals surface area contributed by atoms with Gasteiger partial charge in [0.1, 0.15) is 0 Å². The maximum absolute atomic E-state index is 5.45. The standard InChI is InChI=1S/C7H17N2/c1-7(8)5-4-6-9(2)3/h7H,1,4-6,8H2,2-3H3. The molecular weight excluding hydrogens is 112 g/mol. The van der Waals surface area contributed by atoms with Crippen LogP contribution in [0.4, 0.5) is 0 Å². The average Bonchev–Trinajstić information content (AvgIpc) is 1.63. The van der Waals surface area contributed by atoms with Crippen LogP contribution >= 0.6 is 0 Å². The fourth-order valence-corrected chi connectivity index (χ4v) is 0.670. The van der Waals surface area contributed by atoms with Crippen LogP contribution in [0.25, 0.3) is 0 Å². The molecule has 0 bridgehead atoms. The average molecular weight is 129 g/mol. The van der Waals surface area contributed by atoms with Crippen LogP contribution in [0.2, 0.25) is 0 Å². The predicted octanol–water partition coefficient (Wildman–Crippen LogP) is 0.490. The highest BCUT2D eigenvalue weighted by atomic mass is 15.0. The smallest absolute Gasteiger partial charge is 0.00398 e. The molecule has 0 saturated heterocycles. The Bertz CT molecular complexity index is 51.9. The van der Waals surface area contributed by atoms with Gasteiger partial charge in [0.2, 0.25) is 0 Å². The van der Waals surface area contributed by atoms with Gasteiger partial charge in [-0.2, -0.15) is 0 Å². The molecule has 0 aliphatic heterocycles. The van der Waals surface area contributed by atoms with E-state index in [0.29, 0.717) is 0 Å². The SMILES string of the molecule is [CH2]C(N)CCCN(C)C. The first-order chi connectivity index (χ1) is 4.13. The second kappa shape index (κ2) is 4.77. The molecule has 0 aromatic carbocycles. The van der Waals surface area contributed by atoms with Gasteiger partial charge < -0.3 is 10.6 Å². The quantitative estimate of drug-likeness (QED) is 0.598. The number of nitrogens with zero attached hydrogens (tertiary/aromatic N) is 1. The highest BCUT2D eigenvalue weighted by Gasteiger charge is 1.93. The molecule has 1 atom stereocenters. The first-order valence-electron chi connectivity index (χ1n) is 3.36. The molecule has 0 aliphatic rings. The molecule has 0 fully saturated rings. The minimum absolute atomic E-state index is 0.116. The summed E-state index contributed by atoms with van der Waals surface area (Å²) < 4.78 is 0. The number of nitrogens with two attached hydrogens (primary N) is 1. The van der Waals surface area contributed by atoms with Crippen LogP contribution in [0.1, 0.15) is 12.8 Å². The molecule has 1 radical (unpaired) electrons. The van der Waals surface area contributed by atoms with Crippen LogP contribution in [0.5, 0.6) is 0 Å². The summed E-state index contributed by atoms with van der Waals surface area (Å²) in [5, 5.41) is 0. The first-order valence-corrected chi connectivity index (χ1v) is 3.36. The molecule has 0 rings (SSSR count). The van der Waals surface area contributed by atoms with E-state index in [1.54, 1.807) is 0 Å². The van der Waals surface area contributed by atoms with Crippen LogP contribution in [-0.4, -0.2) is 31.6 Å². The molecular formula is C7H17N2. The number of hydrogen-bond acceptors (Lipinski definition) is 2. The van der Waals surface area contributed by atoms with Crippen LogP contribution in [0.15, 0.2) is 0 Å². The Morgan fingerprint density at radius 1 is 1.56 bits per heavy atom. The molecule has 0 spiro atoms. The van der Waals surface area contributed by atoms with E-state index in [1.165, 1.54) is 0 Å². The second-order valence-electron chi connectivity index (χ2n) is 2.71. The summed E-state index contributed by atoms with van der Waals surface area (Å²) in [4.78, 5) is 2.16. The van der Waals surface area contributed by atoms with Crippen LogP contribution < -0.4 is 5.73 Å². The van der Waals surface area contributed by atoms with E-state index >= 15 is 0 Å². The molecule has 1 unspecified atom stereocenters. The van der Waals surface area contributed by atoms with E-state index in [0.717, 1.165) is 19.4 Å². The van der Waals surface area contributed by atoms with Gasteiger partial charge in [0.15, 0.2) is 0 Å². The van der Waals surface area contributed by atoms with Gasteiger partial charge in [-0.05, 0) is 40.4 Å². The van der Waals surface area contributed by atoms with Gasteiger partial charge in [0, 0.05) is 6.04 Å². The van der Waals surface area contributed by atoms with E-state index in [-0.39, 0.29) is 6.04 Å². The third-order valence-corrected chi connectivity index (χ3v) is 1.18. The van der Waals surface area contributed by atoms with Crippen molar-refractivity contribution >= 4 is 0 Å². The van der Waals surface area contributed by atoms with Crippen molar-refractivity contribution in [3.8, 4) is 0 Å². The summed E-state index contributed by atoms with van der Waals surface area (Å²) in [6.45, 7) is 4.81. The minimum atomic E-state index is 0.116. The minimum Gasteiger partial charge on any atom is -0.328 e. The summed E-state index contributed by atoms with van der Waals surface area (Å²) in [5.74, 6) is 0. The fourth-order valence-electron chi connectivity index (χ4n) is 0.670. The zero-order valence-electron chi connectivity index (χ0n) is 6.43. The van der Waals surface area contributed by atoms with E-state index in [1.807, 2.05) is 0 Å². The van der Waals surface area contributed by atoms with Crippen molar-refractivity contribution in [3.63, 3.8) is 0 Å². The Morgan fingerprint density at radius 3 is 2.44 bits per heavy atom. The first kappa shape index (κ1) is 8.92. The van der Waals surface area contributed by atoms with Crippen molar-refractivity contribution < 1.29 is 0 Å². The predicted molar refractivity (Wildman–Crippen MR) is 41.1 cm³/mol. The lowest BCUT2D eigenvalue weighted by molar-refractivity contribution is 0.390. The summed E-state index contributed by atoms with van der Waals surface area (Å²) >= 11 is 0. The van der Waals surface area contributed by atoms with Crippen molar-refractivity contribution in [3.05, 3.63) is 6.92 Å². The molecule has 2 N–H and O–H groups in total. The van der Waals surface area contributed by atoms with Crippen molar-refractivity contribution in [1.82, 2.24) is 4.90 Å². The van der Waals surface area contributed by atoms with E-state index < -0.39 is 0 Å². The zero-order chi connectivity index (χ0) is 7.28. The molecule has 0 aliphatic carbocycles. The second-order valence-corrected chi connectivity index (χ2v) is 2.71. The molecule has 0 saturated carbocycles. The summed E-state index contributed by atoms with van der Waals surface area (Å²) in [6, 6.07) is 0.116. The normalized spacial score (nSPS) is 14.3. The molecule has 2 heteroatoms. The summed E-state index contributed by atoms with van der Waals surface area (Å²) in [7, 11) is 4.13. The van der Waals surface area contributed by atoms with Gasteiger partial charge in [-0.1, -0.05) is 0 Å². The van der Waals surface area contributed by atoms with Crippen LogP contribution in [-0.2, 0) is 0 Å². The molecule has 0 aromatic rings. The van der Waals surface area contributed by atoms with Gasteiger partial charge in [-0.15, -0.1) is 0 Å². The molecule has 0 aromatic heterocycles. The van der Waals surface area contributed by atoms with Gasteiger partial charge in [0.05, 0.1) is 0 Å². The molecule has 0 amide bonds. The van der Waals surface area contributed by atoms with Gasteiger partial charge in [0.25, 0.3) is 0 Å². The fraction of sp³-hybridized carbons (Fsp3) is 0.857. The highest BCUT2D eigenvalue weighted by molar-refractivity contribution is 4.62. The Balaban J connectivity index is 2.91. The van der Waals surface area contributed by atoms with Crippen molar-refractivity contribution in [1.29, 1.82) is 0 Å². The number of hydrogen-bond donors (Lipinski definition) is 1. The topological polar surface area (TPSA) is 29.3 Å². The summed E-state index contributed by atoms with van der Waals surface area (Å²) in [5.41, 5.74) is 5.45. The van der Waals surface area contributed by atoms with Crippen LogP contribution in [0.3, 0.4) is 0 Å². The monoisotopic (exact) mass is 129 g/mol. The molecule has 9 heavy (non-hydrogen) atoms. The van der Waals surface area contributed by atoms with Crippen LogP contribution in [0, 0.1) is 6.92 Å². The lowest BCUT2D eigenvalue weighted by atomic mass is 10.2. The van der Waals surface area contributed by atoms with Gasteiger partial charge in [-0.25, -0.2) is 0 Å². The van der Waals surface area contributed by atoms with E-state index in [2.05, 4.69) is 25.9 Å². The molecule has 0 heterocycles. The van der Waals surface area contributed by atoms with E-state index in [4.69, 9.17) is 5.73 Å². The number of rotatable bonds is 4. The molecule has 55 valence electrons. The van der Waals surface area contributed by atoms with Gasteiger partial charge in [-0.3, -0.25) is 0 Å². The molecule has 2 nitrogen and oxygen atoms in total. The lowest BCUT2D eigenvalue weighted by Gasteiger charge is -2.09. The van der Waals surface area contributed by atoms with Crippen molar-refractivity contribution in [2.45, 2.75) is 18.9 Å². The van der Waals surface area contributed by atoms with Crippen molar-refractivity contribution in [2.24, 2.45) is 5.73 Å². The summed E-state index contributed by atoms with van der Waals surface area (Å²) in [6.07, 6.45) is 2.18. The lowest BCUT2D eigenvalue weighted by Crippen LogP contribution is -2.19. The third-order valence-electron chi connectivity index (χ3n) is 1.18. The Kier molecular flexibility index (Phi) is 4.72. The maximum atomic E-state index is 5.45. The van der Waals surface area contributed by atoms with Crippen molar-refractivity contribution in [2.75, 3.05) is 20.6 Å². The Hall–Kier alpha value is -0.0800. The Labute approximate surface area is 58.0 Å². The zero-order valence-corrected chi connectivity index (χ0v) is 6.43. The highest BCUT2D eigenvalue weighted by Crippen LogP contribution is 1.92. The third kappa shape index (κ3) is 7.92.